The Bertz CT molecular complexity index is 349. The summed E-state index contributed by atoms with van der Waals surface area (Å²) in [5.41, 5.74) is -1.32. The molecule has 1 aliphatic carbocycles. The third kappa shape index (κ3) is 3.14. The molecule has 0 atom stereocenters. The van der Waals surface area contributed by atoms with E-state index in [1.807, 2.05) is 0 Å². The summed E-state index contributed by atoms with van der Waals surface area (Å²) in [6.45, 7) is 0.350. The van der Waals surface area contributed by atoms with Gasteiger partial charge in [-0.05, 0) is 19.3 Å². The molecule has 0 unspecified atom stereocenters. The lowest BCUT2D eigenvalue weighted by Crippen LogP contribution is -2.61. The maximum Gasteiger partial charge on any atom is 0.324 e. The van der Waals surface area contributed by atoms with E-state index in [1.165, 1.54) is 7.11 Å². The summed E-state index contributed by atoms with van der Waals surface area (Å²) in [5, 5.41) is 8.94. The number of carboxylic acids is 1. The number of methoxy groups -OCH3 is 1. The molecule has 8 heteroatoms. The molecule has 0 saturated heterocycles. The third-order valence-corrected chi connectivity index (χ3v) is 3.79. The second-order valence-electron chi connectivity index (χ2n) is 3.73. The van der Waals surface area contributed by atoms with E-state index in [0.29, 0.717) is 19.3 Å². The average Bonchev–Trinajstić information content (AvgIpc) is 2.11. The lowest BCUT2D eigenvalue weighted by Gasteiger charge is -2.37. The zero-order valence-electron chi connectivity index (χ0n) is 9.02. The first-order valence-corrected chi connectivity index (χ1v) is 6.41. The number of rotatable bonds is 7. The summed E-state index contributed by atoms with van der Waals surface area (Å²) >= 11 is 0. The van der Waals surface area contributed by atoms with Crippen LogP contribution in [0.1, 0.15) is 19.3 Å². The van der Waals surface area contributed by atoms with Crippen LogP contribution in [0, 0.1) is 0 Å². The van der Waals surface area contributed by atoms with E-state index >= 15 is 0 Å². The molecule has 0 bridgehead atoms. The quantitative estimate of drug-likeness (QED) is 0.507. The van der Waals surface area contributed by atoms with Crippen molar-refractivity contribution in [2.24, 2.45) is 0 Å². The molecule has 0 heterocycles. The number of carbonyl (C=O) groups is 1. The molecule has 0 radical (unpaired) electrons. The summed E-state index contributed by atoms with van der Waals surface area (Å²) in [5.74, 6) is -1.13. The van der Waals surface area contributed by atoms with Crippen LogP contribution in [0.15, 0.2) is 0 Å². The molecule has 0 aromatic carbocycles. The first-order valence-electron chi connectivity index (χ1n) is 4.93. The molecule has 1 fully saturated rings. The Balaban J connectivity index is 2.54. The highest BCUT2D eigenvalue weighted by Gasteiger charge is 2.47. The van der Waals surface area contributed by atoms with Crippen LogP contribution in [0.25, 0.3) is 0 Å². The molecular weight excluding hydrogens is 236 g/mol. The summed E-state index contributed by atoms with van der Waals surface area (Å²) < 4.78 is 32.0. The van der Waals surface area contributed by atoms with Crippen molar-refractivity contribution in [3.8, 4) is 0 Å². The topological polar surface area (TPSA) is 105 Å². The molecular formula is C8H16N2O5S. The normalized spacial score (nSPS) is 19.1. The van der Waals surface area contributed by atoms with E-state index < -0.39 is 21.7 Å². The second-order valence-corrected chi connectivity index (χ2v) is 5.23. The number of hydrogen-bond acceptors (Lipinski definition) is 4. The smallest absolute Gasteiger partial charge is 0.324 e. The molecule has 0 aromatic rings. The SMILES string of the molecule is COCCNS(=O)(=O)NC1(C(=O)O)CCC1. The van der Waals surface area contributed by atoms with E-state index in [4.69, 9.17) is 5.11 Å². The highest BCUT2D eigenvalue weighted by atomic mass is 32.2. The maximum absolute atomic E-state index is 11.5. The summed E-state index contributed by atoms with van der Waals surface area (Å²) in [4.78, 5) is 10.9. The van der Waals surface area contributed by atoms with E-state index in [2.05, 4.69) is 14.2 Å². The Hall–Kier alpha value is -0.700. The highest BCUT2D eigenvalue weighted by molar-refractivity contribution is 7.87. The Labute approximate surface area is 94.4 Å². The van der Waals surface area contributed by atoms with Gasteiger partial charge in [0.15, 0.2) is 0 Å². The monoisotopic (exact) mass is 252 g/mol. The van der Waals surface area contributed by atoms with Crippen LogP contribution < -0.4 is 9.44 Å². The van der Waals surface area contributed by atoms with Crippen molar-refractivity contribution in [3.63, 3.8) is 0 Å². The molecule has 0 amide bonds. The van der Waals surface area contributed by atoms with Gasteiger partial charge in [0.2, 0.25) is 0 Å². The first-order chi connectivity index (χ1) is 7.42. The van der Waals surface area contributed by atoms with E-state index in [0.717, 1.165) is 0 Å². The van der Waals surface area contributed by atoms with Gasteiger partial charge in [0, 0.05) is 13.7 Å². The van der Waals surface area contributed by atoms with E-state index in [9.17, 15) is 13.2 Å². The van der Waals surface area contributed by atoms with E-state index in [1.54, 1.807) is 0 Å². The highest BCUT2D eigenvalue weighted by Crippen LogP contribution is 2.32. The number of ether oxygens (including phenoxy) is 1. The predicted octanol–water partition coefficient (Wildman–Crippen LogP) is -0.936. The fourth-order valence-corrected chi connectivity index (χ4v) is 2.69. The van der Waals surface area contributed by atoms with Crippen molar-refractivity contribution in [2.45, 2.75) is 24.8 Å². The zero-order chi connectivity index (χ0) is 12.2. The van der Waals surface area contributed by atoms with Crippen LogP contribution in [0.2, 0.25) is 0 Å². The van der Waals surface area contributed by atoms with Crippen molar-refractivity contribution in [2.75, 3.05) is 20.3 Å². The van der Waals surface area contributed by atoms with Crippen molar-refractivity contribution < 1.29 is 23.1 Å². The van der Waals surface area contributed by atoms with Gasteiger partial charge in [-0.3, -0.25) is 4.79 Å². The molecule has 16 heavy (non-hydrogen) atoms. The van der Waals surface area contributed by atoms with Gasteiger partial charge in [-0.1, -0.05) is 0 Å². The predicted molar refractivity (Wildman–Crippen MR) is 56.2 cm³/mol. The number of hydrogen-bond donors (Lipinski definition) is 3. The van der Waals surface area contributed by atoms with Gasteiger partial charge in [0.05, 0.1) is 6.61 Å². The molecule has 3 N–H and O–H groups in total. The van der Waals surface area contributed by atoms with Gasteiger partial charge in [-0.15, -0.1) is 0 Å². The number of aliphatic carboxylic acids is 1. The van der Waals surface area contributed by atoms with E-state index in [-0.39, 0.29) is 13.2 Å². The summed E-state index contributed by atoms with van der Waals surface area (Å²) in [7, 11) is -2.33. The molecule has 1 rings (SSSR count). The minimum Gasteiger partial charge on any atom is -0.480 e. The number of nitrogens with one attached hydrogen (secondary N) is 2. The molecule has 1 aliphatic rings. The Morgan fingerprint density at radius 2 is 2.12 bits per heavy atom. The van der Waals surface area contributed by atoms with Gasteiger partial charge in [0.1, 0.15) is 5.54 Å². The summed E-state index contributed by atoms with van der Waals surface area (Å²) in [6.07, 6.45) is 1.37. The lowest BCUT2D eigenvalue weighted by atomic mass is 9.78. The zero-order valence-corrected chi connectivity index (χ0v) is 9.84. The van der Waals surface area contributed by atoms with Crippen LogP contribution in [-0.4, -0.2) is 45.3 Å². The molecule has 1 saturated carbocycles. The molecule has 94 valence electrons. The van der Waals surface area contributed by atoms with Crippen LogP contribution in [0.4, 0.5) is 0 Å². The fourth-order valence-electron chi connectivity index (χ4n) is 1.46. The van der Waals surface area contributed by atoms with Gasteiger partial charge in [0.25, 0.3) is 10.2 Å². The van der Waals surface area contributed by atoms with Gasteiger partial charge < -0.3 is 9.84 Å². The van der Waals surface area contributed by atoms with Gasteiger partial charge >= 0.3 is 5.97 Å². The van der Waals surface area contributed by atoms with Crippen LogP contribution in [0.5, 0.6) is 0 Å². The minimum absolute atomic E-state index is 0.113. The number of carboxylic acid groups (broad SMARTS) is 1. The molecule has 0 spiro atoms. The second kappa shape index (κ2) is 5.09. The van der Waals surface area contributed by atoms with Crippen molar-refractivity contribution in [3.05, 3.63) is 0 Å². The molecule has 7 nitrogen and oxygen atoms in total. The maximum atomic E-state index is 11.5. The summed E-state index contributed by atoms with van der Waals surface area (Å²) in [6, 6.07) is 0. The average molecular weight is 252 g/mol. The lowest BCUT2D eigenvalue weighted by molar-refractivity contribution is -0.147. The largest absolute Gasteiger partial charge is 0.480 e. The standard InChI is InChI=1S/C8H16N2O5S/c1-15-6-5-9-16(13,14)10-8(7(11)12)3-2-4-8/h9-10H,2-6H2,1H3,(H,11,12). The molecule has 0 aliphatic heterocycles. The van der Waals surface area contributed by atoms with Crippen LogP contribution in [-0.2, 0) is 19.7 Å². The van der Waals surface area contributed by atoms with Crippen LogP contribution >= 0.6 is 0 Å². The Morgan fingerprint density at radius 3 is 2.50 bits per heavy atom. The van der Waals surface area contributed by atoms with Gasteiger partial charge in [-0.25, -0.2) is 0 Å². The van der Waals surface area contributed by atoms with Crippen LogP contribution in [0.3, 0.4) is 0 Å². The van der Waals surface area contributed by atoms with Crippen molar-refractivity contribution in [1.29, 1.82) is 0 Å². The Kier molecular flexibility index (Phi) is 4.25. The first kappa shape index (κ1) is 13.4. The third-order valence-electron chi connectivity index (χ3n) is 2.54. The molecule has 0 aromatic heterocycles. The fraction of sp³-hybridized carbons (Fsp3) is 0.875. The van der Waals surface area contributed by atoms with Crippen molar-refractivity contribution >= 4 is 16.2 Å². The minimum atomic E-state index is -3.78. The van der Waals surface area contributed by atoms with Crippen molar-refractivity contribution in [1.82, 2.24) is 9.44 Å². The van der Waals surface area contributed by atoms with Gasteiger partial charge in [-0.2, -0.15) is 17.9 Å². The Morgan fingerprint density at radius 1 is 1.50 bits per heavy atom.